The van der Waals surface area contributed by atoms with E-state index in [0.29, 0.717) is 0 Å². The topological polar surface area (TPSA) is 107 Å². The van der Waals surface area contributed by atoms with Crippen LogP contribution in [0.5, 0.6) is 0 Å². The lowest BCUT2D eigenvalue weighted by molar-refractivity contribution is -0.142. The van der Waals surface area contributed by atoms with Crippen molar-refractivity contribution >= 4 is 37.0 Å². The number of sulfone groups is 2. The zero-order valence-electron chi connectivity index (χ0n) is 11.9. The molecule has 0 aliphatic carbocycles. The fourth-order valence-corrected chi connectivity index (χ4v) is 8.25. The molecule has 1 aliphatic rings. The third-order valence-electron chi connectivity index (χ3n) is 3.29. The Morgan fingerprint density at radius 2 is 2.18 bits per heavy atom. The van der Waals surface area contributed by atoms with Gasteiger partial charge in [0.1, 0.15) is 4.21 Å². The van der Waals surface area contributed by atoms with Crippen LogP contribution in [-0.4, -0.2) is 58.8 Å². The summed E-state index contributed by atoms with van der Waals surface area (Å²) < 4.78 is 53.6. The number of carbonyl (C=O) groups excluding carboxylic acids is 1. The second-order valence-electron chi connectivity index (χ2n) is 4.88. The average Bonchev–Trinajstić information content (AvgIpc) is 3.04. The van der Waals surface area contributed by atoms with Crippen LogP contribution in [0, 0.1) is 0 Å². The minimum absolute atomic E-state index is 0.137. The number of hydrogen-bond acceptors (Lipinski definition) is 8. The molecule has 1 aromatic heterocycles. The van der Waals surface area contributed by atoms with Crippen molar-refractivity contribution in [2.75, 3.05) is 24.7 Å². The molecule has 0 radical (unpaired) electrons. The quantitative estimate of drug-likeness (QED) is 0.696. The van der Waals surface area contributed by atoms with Crippen molar-refractivity contribution in [1.29, 1.82) is 0 Å². The van der Waals surface area contributed by atoms with Crippen LogP contribution in [-0.2, 0) is 29.2 Å². The van der Waals surface area contributed by atoms with Crippen LogP contribution in [0.2, 0.25) is 0 Å². The molecule has 2 atom stereocenters. The van der Waals surface area contributed by atoms with Gasteiger partial charge in [0, 0.05) is 6.04 Å². The van der Waals surface area contributed by atoms with Gasteiger partial charge < -0.3 is 10.1 Å². The van der Waals surface area contributed by atoms with Crippen molar-refractivity contribution in [2.45, 2.75) is 22.4 Å². The fraction of sp³-hybridized carbons (Fsp3) is 0.583. The van der Waals surface area contributed by atoms with E-state index in [1.54, 1.807) is 18.4 Å². The first-order valence-electron chi connectivity index (χ1n) is 6.63. The Labute approximate surface area is 133 Å². The summed E-state index contributed by atoms with van der Waals surface area (Å²) in [5.74, 6) is -1.28. The molecule has 1 N–H and O–H groups in total. The lowest BCUT2D eigenvalue weighted by Crippen LogP contribution is -2.45. The minimum atomic E-state index is -3.75. The molecule has 22 heavy (non-hydrogen) atoms. The third kappa shape index (κ3) is 3.86. The van der Waals surface area contributed by atoms with Crippen molar-refractivity contribution in [3.8, 4) is 0 Å². The highest BCUT2D eigenvalue weighted by Gasteiger charge is 2.46. The lowest BCUT2D eigenvalue weighted by atomic mass is 10.2. The fourth-order valence-electron chi connectivity index (χ4n) is 2.31. The van der Waals surface area contributed by atoms with E-state index in [-0.39, 0.29) is 23.1 Å². The van der Waals surface area contributed by atoms with Crippen molar-refractivity contribution in [1.82, 2.24) is 5.32 Å². The Morgan fingerprint density at radius 3 is 2.77 bits per heavy atom. The van der Waals surface area contributed by atoms with E-state index < -0.39 is 42.7 Å². The van der Waals surface area contributed by atoms with Crippen molar-refractivity contribution < 1.29 is 26.4 Å². The molecule has 0 aromatic carbocycles. The van der Waals surface area contributed by atoms with E-state index in [9.17, 15) is 21.6 Å². The van der Waals surface area contributed by atoms with Crippen LogP contribution >= 0.6 is 11.3 Å². The third-order valence-corrected chi connectivity index (χ3v) is 8.87. The lowest BCUT2D eigenvalue weighted by Gasteiger charge is -2.18. The minimum Gasteiger partial charge on any atom is -0.465 e. The SMILES string of the molecule is CCOC(=O)CN[C@H]1CS(=O)(=O)C[C@@H]1S(=O)(=O)c1cccs1. The molecular formula is C12H17NO6S3. The highest BCUT2D eigenvalue weighted by atomic mass is 32.2. The summed E-state index contributed by atoms with van der Waals surface area (Å²) in [6.45, 7) is 1.65. The molecule has 0 saturated carbocycles. The van der Waals surface area contributed by atoms with Gasteiger partial charge in [0.25, 0.3) is 0 Å². The number of hydrogen-bond donors (Lipinski definition) is 1. The molecule has 1 saturated heterocycles. The molecule has 0 unspecified atom stereocenters. The smallest absolute Gasteiger partial charge is 0.319 e. The molecule has 124 valence electrons. The van der Waals surface area contributed by atoms with Gasteiger partial charge in [-0.05, 0) is 18.4 Å². The Bertz CT molecular complexity index is 723. The van der Waals surface area contributed by atoms with Crippen molar-refractivity contribution in [2.24, 2.45) is 0 Å². The number of nitrogens with one attached hydrogen (secondary N) is 1. The zero-order valence-corrected chi connectivity index (χ0v) is 14.3. The number of carbonyl (C=O) groups is 1. The molecule has 2 rings (SSSR count). The van der Waals surface area contributed by atoms with Crippen molar-refractivity contribution in [3.05, 3.63) is 17.5 Å². The van der Waals surface area contributed by atoms with Gasteiger partial charge in [0.2, 0.25) is 0 Å². The number of ether oxygens (including phenoxy) is 1. The molecule has 0 bridgehead atoms. The van der Waals surface area contributed by atoms with E-state index in [1.807, 2.05) is 0 Å². The molecule has 2 heterocycles. The van der Waals surface area contributed by atoms with Gasteiger partial charge in [-0.1, -0.05) is 6.07 Å². The second kappa shape index (κ2) is 6.65. The summed E-state index contributed by atoms with van der Waals surface area (Å²) in [5.41, 5.74) is 0. The summed E-state index contributed by atoms with van der Waals surface area (Å²) >= 11 is 1.05. The Morgan fingerprint density at radius 1 is 1.45 bits per heavy atom. The predicted octanol–water partition coefficient (Wildman–Crippen LogP) is -0.160. The highest BCUT2D eigenvalue weighted by molar-refractivity contribution is 7.97. The predicted molar refractivity (Wildman–Crippen MR) is 82.4 cm³/mol. The normalized spacial score (nSPS) is 24.2. The summed E-state index contributed by atoms with van der Waals surface area (Å²) in [5, 5.41) is 3.24. The number of thiophene rings is 1. The Balaban J connectivity index is 2.19. The van der Waals surface area contributed by atoms with Gasteiger partial charge in [-0.3, -0.25) is 4.79 Å². The molecule has 1 fully saturated rings. The Kier molecular flexibility index (Phi) is 5.25. The maximum atomic E-state index is 12.6. The molecular weight excluding hydrogens is 350 g/mol. The zero-order chi connectivity index (χ0) is 16.4. The number of rotatable bonds is 6. The highest BCUT2D eigenvalue weighted by Crippen LogP contribution is 2.28. The Hall–Kier alpha value is -0.970. The van der Waals surface area contributed by atoms with Crippen LogP contribution in [0.15, 0.2) is 21.7 Å². The van der Waals surface area contributed by atoms with Crippen LogP contribution in [0.3, 0.4) is 0 Å². The van der Waals surface area contributed by atoms with Gasteiger partial charge >= 0.3 is 5.97 Å². The van der Waals surface area contributed by atoms with Gasteiger partial charge in [-0.15, -0.1) is 11.3 Å². The molecule has 0 amide bonds. The summed E-state index contributed by atoms with van der Waals surface area (Å²) in [6, 6.07) is 2.23. The van der Waals surface area contributed by atoms with Crippen LogP contribution in [0.25, 0.3) is 0 Å². The number of esters is 1. The van der Waals surface area contributed by atoms with E-state index >= 15 is 0 Å². The molecule has 7 nitrogen and oxygen atoms in total. The van der Waals surface area contributed by atoms with E-state index in [1.165, 1.54) is 6.07 Å². The molecule has 10 heteroatoms. The summed E-state index contributed by atoms with van der Waals surface area (Å²) in [4.78, 5) is 11.4. The van der Waals surface area contributed by atoms with Gasteiger partial charge in [0.15, 0.2) is 19.7 Å². The van der Waals surface area contributed by atoms with Gasteiger partial charge in [0.05, 0.1) is 29.9 Å². The van der Waals surface area contributed by atoms with Gasteiger partial charge in [-0.25, -0.2) is 16.8 Å². The maximum Gasteiger partial charge on any atom is 0.319 e. The first-order valence-corrected chi connectivity index (χ1v) is 10.9. The van der Waals surface area contributed by atoms with Crippen LogP contribution in [0.4, 0.5) is 0 Å². The second-order valence-corrected chi connectivity index (χ2v) is 10.4. The first kappa shape index (κ1) is 17.4. The van der Waals surface area contributed by atoms with E-state index in [2.05, 4.69) is 5.32 Å². The van der Waals surface area contributed by atoms with Crippen molar-refractivity contribution in [3.63, 3.8) is 0 Å². The largest absolute Gasteiger partial charge is 0.465 e. The monoisotopic (exact) mass is 367 g/mol. The van der Waals surface area contributed by atoms with Gasteiger partial charge in [-0.2, -0.15) is 0 Å². The summed E-state index contributed by atoms with van der Waals surface area (Å²) in [6.07, 6.45) is 0. The molecule has 1 aliphatic heterocycles. The van der Waals surface area contributed by atoms with E-state index in [4.69, 9.17) is 4.74 Å². The summed E-state index contributed by atoms with van der Waals surface area (Å²) in [7, 11) is -7.22. The average molecular weight is 367 g/mol. The van der Waals surface area contributed by atoms with E-state index in [0.717, 1.165) is 11.3 Å². The maximum absolute atomic E-state index is 12.6. The van der Waals surface area contributed by atoms with Crippen LogP contribution < -0.4 is 5.32 Å². The standard InChI is InChI=1S/C12H17NO6S3/c1-2-19-11(14)6-13-9-7-21(15,16)8-10(9)22(17,18)12-4-3-5-20-12/h3-5,9-10,13H,2,6-8H2,1H3/t9-,10-/m0/s1. The molecule has 1 aromatic rings. The van der Waals surface area contributed by atoms with Crippen LogP contribution in [0.1, 0.15) is 6.92 Å². The molecule has 0 spiro atoms. The first-order chi connectivity index (χ1) is 10.3.